The predicted octanol–water partition coefficient (Wildman–Crippen LogP) is 14.7. The minimum absolute atomic E-state index is 0.211. The molecule has 54 heavy (non-hydrogen) atoms. The Morgan fingerprint density at radius 3 is 1.39 bits per heavy atom. The number of hydrogen-bond acceptors (Lipinski definition) is 3. The third-order valence-electron chi connectivity index (χ3n) is 10.5. The second kappa shape index (κ2) is 13.8. The maximum atomic E-state index is 3.86. The van der Waals surface area contributed by atoms with Gasteiger partial charge in [-0.1, -0.05) is 169 Å². The molecule has 256 valence electrons. The van der Waals surface area contributed by atoms with Crippen LogP contribution in [0.25, 0.3) is 54.9 Å². The van der Waals surface area contributed by atoms with Gasteiger partial charge in [0.2, 0.25) is 0 Å². The molecule has 1 atom stereocenters. The van der Waals surface area contributed by atoms with E-state index in [0.29, 0.717) is 0 Å². The fourth-order valence-corrected chi connectivity index (χ4v) is 8.89. The van der Waals surface area contributed by atoms with Crippen LogP contribution in [0.3, 0.4) is 0 Å². The lowest BCUT2D eigenvalue weighted by molar-refractivity contribution is 1.14. The van der Waals surface area contributed by atoms with E-state index in [1.807, 2.05) is 11.8 Å². The van der Waals surface area contributed by atoms with Gasteiger partial charge in [0, 0.05) is 27.3 Å². The number of anilines is 4. The highest BCUT2D eigenvalue weighted by molar-refractivity contribution is 8.00. The maximum Gasteiger partial charge on any atom is 0.103 e. The number of fused-ring (bicyclic) bond motifs is 5. The van der Waals surface area contributed by atoms with Gasteiger partial charge in [0.15, 0.2) is 0 Å². The molecule has 0 fully saturated rings. The van der Waals surface area contributed by atoms with E-state index in [4.69, 9.17) is 0 Å². The zero-order valence-corrected chi connectivity index (χ0v) is 30.4. The van der Waals surface area contributed by atoms with Crippen LogP contribution < -0.4 is 10.2 Å². The molecule has 1 aliphatic heterocycles. The first kappa shape index (κ1) is 32.1. The van der Waals surface area contributed by atoms with Crippen molar-refractivity contribution < 1.29 is 0 Å². The Morgan fingerprint density at radius 1 is 0.389 bits per heavy atom. The summed E-state index contributed by atoms with van der Waals surface area (Å²) in [6, 6.07) is 74.6. The molecule has 9 aromatic carbocycles. The van der Waals surface area contributed by atoms with E-state index in [-0.39, 0.29) is 5.37 Å². The summed E-state index contributed by atoms with van der Waals surface area (Å²) < 4.78 is 0. The Kier molecular flexibility index (Phi) is 8.20. The Hall–Kier alpha value is -6.55. The van der Waals surface area contributed by atoms with Crippen molar-refractivity contribution in [2.45, 2.75) is 10.3 Å². The molecule has 0 saturated heterocycles. The normalized spacial score (nSPS) is 13.4. The van der Waals surface area contributed by atoms with Gasteiger partial charge in [0.1, 0.15) is 5.37 Å². The fourth-order valence-electron chi connectivity index (χ4n) is 7.74. The number of benzene rings is 9. The standard InChI is InChI=1S/C51H36N2S/c1-4-10-35(11-5-1)37-18-26-44(27-19-37)53(45-28-20-38(21-29-45)36-12-6-2-7-13-36)46-30-22-39(23-31-46)42-24-32-47-43(34-42)17-16-40-25-33-48-50(49(40)47)52-51(54-48)41-14-8-3-9-15-41/h1-34,51-52H. The SMILES string of the molecule is c1ccc(-c2ccc(N(c3ccc(-c4ccccc4)cc3)c3ccc(-c4ccc5c(ccc6ccc7c(c65)NC(c5ccccc5)S7)c4)cc3)cc2)cc1. The van der Waals surface area contributed by atoms with Crippen molar-refractivity contribution in [2.75, 3.05) is 10.2 Å². The van der Waals surface area contributed by atoms with E-state index in [0.717, 1.165) is 17.1 Å². The van der Waals surface area contributed by atoms with Crippen LogP contribution in [0.1, 0.15) is 10.9 Å². The highest BCUT2D eigenvalue weighted by Crippen LogP contribution is 2.51. The molecule has 0 bridgehead atoms. The highest BCUT2D eigenvalue weighted by Gasteiger charge is 2.25. The summed E-state index contributed by atoms with van der Waals surface area (Å²) in [5, 5.41) is 9.14. The zero-order chi connectivity index (χ0) is 35.8. The molecule has 1 unspecified atom stereocenters. The van der Waals surface area contributed by atoms with Gasteiger partial charge in [-0.25, -0.2) is 0 Å². The summed E-state index contributed by atoms with van der Waals surface area (Å²) in [5.41, 5.74) is 13.1. The molecule has 0 aliphatic carbocycles. The molecular formula is C51H36N2S. The van der Waals surface area contributed by atoms with E-state index >= 15 is 0 Å². The number of nitrogens with zero attached hydrogens (tertiary/aromatic N) is 1. The first-order chi connectivity index (χ1) is 26.7. The topological polar surface area (TPSA) is 15.3 Å². The van der Waals surface area contributed by atoms with Crippen LogP contribution in [-0.4, -0.2) is 0 Å². The van der Waals surface area contributed by atoms with E-state index in [1.54, 1.807) is 0 Å². The number of rotatable bonds is 7. The van der Waals surface area contributed by atoms with E-state index in [9.17, 15) is 0 Å². The van der Waals surface area contributed by atoms with Gasteiger partial charge in [-0.05, 0) is 104 Å². The molecule has 1 aliphatic rings. The van der Waals surface area contributed by atoms with Crippen molar-refractivity contribution in [3.63, 3.8) is 0 Å². The summed E-state index contributed by atoms with van der Waals surface area (Å²) >= 11 is 1.90. The molecule has 0 saturated carbocycles. The number of hydrogen-bond donors (Lipinski definition) is 1. The number of nitrogens with one attached hydrogen (secondary N) is 1. The van der Waals surface area contributed by atoms with Crippen molar-refractivity contribution >= 4 is 56.1 Å². The maximum absolute atomic E-state index is 3.86. The molecule has 10 rings (SSSR count). The number of thioether (sulfide) groups is 1. The van der Waals surface area contributed by atoms with Gasteiger partial charge in [-0.15, -0.1) is 0 Å². The molecule has 0 amide bonds. The molecule has 2 nitrogen and oxygen atoms in total. The largest absolute Gasteiger partial charge is 0.368 e. The monoisotopic (exact) mass is 708 g/mol. The average Bonchev–Trinajstić information content (AvgIpc) is 3.70. The predicted molar refractivity (Wildman–Crippen MR) is 231 cm³/mol. The van der Waals surface area contributed by atoms with Crippen LogP contribution >= 0.6 is 11.8 Å². The second-order valence-corrected chi connectivity index (χ2v) is 14.9. The van der Waals surface area contributed by atoms with Gasteiger partial charge >= 0.3 is 0 Å². The van der Waals surface area contributed by atoms with Crippen molar-refractivity contribution in [1.29, 1.82) is 0 Å². The van der Waals surface area contributed by atoms with Crippen molar-refractivity contribution in [1.82, 2.24) is 0 Å². The van der Waals surface area contributed by atoms with E-state index in [2.05, 4.69) is 216 Å². The quantitative estimate of drug-likeness (QED) is 0.166. The van der Waals surface area contributed by atoms with Gasteiger partial charge in [-0.3, -0.25) is 0 Å². The van der Waals surface area contributed by atoms with Gasteiger partial charge in [0.05, 0.1) is 5.69 Å². The molecular weight excluding hydrogens is 673 g/mol. The van der Waals surface area contributed by atoms with Crippen molar-refractivity contribution in [2.24, 2.45) is 0 Å². The first-order valence-corrected chi connectivity index (χ1v) is 19.3. The average molecular weight is 709 g/mol. The summed E-state index contributed by atoms with van der Waals surface area (Å²) in [7, 11) is 0. The smallest absolute Gasteiger partial charge is 0.103 e. The third kappa shape index (κ3) is 5.99. The fraction of sp³-hybridized carbons (Fsp3) is 0.0196. The second-order valence-electron chi connectivity index (χ2n) is 13.8. The Balaban J connectivity index is 0.991. The van der Waals surface area contributed by atoms with Crippen LogP contribution in [0, 0.1) is 0 Å². The van der Waals surface area contributed by atoms with E-state index in [1.165, 1.54) is 71.1 Å². The van der Waals surface area contributed by atoms with Gasteiger partial charge < -0.3 is 10.2 Å². The molecule has 3 heteroatoms. The molecule has 0 spiro atoms. The first-order valence-electron chi connectivity index (χ1n) is 18.4. The Bertz CT molecular complexity index is 2640. The summed E-state index contributed by atoms with van der Waals surface area (Å²) in [5.74, 6) is 0. The van der Waals surface area contributed by atoms with Crippen LogP contribution in [0.2, 0.25) is 0 Å². The Labute approximate surface area is 320 Å². The van der Waals surface area contributed by atoms with Gasteiger partial charge in [-0.2, -0.15) is 0 Å². The minimum atomic E-state index is 0.211. The van der Waals surface area contributed by atoms with Crippen LogP contribution in [-0.2, 0) is 0 Å². The van der Waals surface area contributed by atoms with Crippen LogP contribution in [0.4, 0.5) is 22.7 Å². The van der Waals surface area contributed by atoms with Crippen molar-refractivity contribution in [3.05, 3.63) is 212 Å². The van der Waals surface area contributed by atoms with Crippen LogP contribution in [0.15, 0.2) is 211 Å². The van der Waals surface area contributed by atoms with Crippen molar-refractivity contribution in [3.8, 4) is 33.4 Å². The summed E-state index contributed by atoms with van der Waals surface area (Å²) in [6.45, 7) is 0. The van der Waals surface area contributed by atoms with Crippen LogP contribution in [0.5, 0.6) is 0 Å². The van der Waals surface area contributed by atoms with Gasteiger partial charge in [0.25, 0.3) is 0 Å². The lowest BCUT2D eigenvalue weighted by Gasteiger charge is -2.26. The van der Waals surface area contributed by atoms with E-state index < -0.39 is 0 Å². The molecule has 0 aromatic heterocycles. The minimum Gasteiger partial charge on any atom is -0.368 e. The zero-order valence-electron chi connectivity index (χ0n) is 29.6. The lowest BCUT2D eigenvalue weighted by atomic mass is 9.96. The summed E-state index contributed by atoms with van der Waals surface area (Å²) in [6.07, 6.45) is 0. The summed E-state index contributed by atoms with van der Waals surface area (Å²) in [4.78, 5) is 3.64. The molecule has 9 aromatic rings. The third-order valence-corrected chi connectivity index (χ3v) is 11.7. The Morgan fingerprint density at radius 2 is 0.833 bits per heavy atom. The lowest BCUT2D eigenvalue weighted by Crippen LogP contribution is -2.09. The molecule has 1 N–H and O–H groups in total. The molecule has 1 heterocycles. The molecule has 0 radical (unpaired) electrons. The highest BCUT2D eigenvalue weighted by atomic mass is 32.2.